The Balaban J connectivity index is 2.18. The SMILES string of the molecule is Cc1ccc(CN)c(N(C)C(C)Cc2cccs2)c1. The van der Waals surface area contributed by atoms with Gasteiger partial charge in [0.2, 0.25) is 0 Å². The van der Waals surface area contributed by atoms with Crippen LogP contribution in [-0.4, -0.2) is 13.1 Å². The topological polar surface area (TPSA) is 29.3 Å². The molecule has 0 aliphatic rings. The molecular weight excluding hydrogens is 252 g/mol. The number of thiophene rings is 1. The number of aryl methyl sites for hydroxylation is 1. The zero-order valence-corrected chi connectivity index (χ0v) is 12.7. The van der Waals surface area contributed by atoms with Gasteiger partial charge in [-0.05, 0) is 42.5 Å². The normalized spacial score (nSPS) is 12.4. The van der Waals surface area contributed by atoms with Crippen LogP contribution in [0.1, 0.15) is 22.9 Å². The van der Waals surface area contributed by atoms with Crippen LogP contribution in [0, 0.1) is 6.92 Å². The Hall–Kier alpha value is -1.32. The van der Waals surface area contributed by atoms with Gasteiger partial charge in [0, 0.05) is 36.6 Å². The Labute approximate surface area is 119 Å². The summed E-state index contributed by atoms with van der Waals surface area (Å²) in [4.78, 5) is 3.77. The molecule has 0 fully saturated rings. The lowest BCUT2D eigenvalue weighted by atomic mass is 10.1. The summed E-state index contributed by atoms with van der Waals surface area (Å²) in [6, 6.07) is 11.3. The summed E-state index contributed by atoms with van der Waals surface area (Å²) in [5.74, 6) is 0. The molecule has 1 unspecified atom stereocenters. The van der Waals surface area contributed by atoms with Crippen LogP contribution in [-0.2, 0) is 13.0 Å². The lowest BCUT2D eigenvalue weighted by Gasteiger charge is -2.29. The van der Waals surface area contributed by atoms with E-state index in [4.69, 9.17) is 5.73 Å². The standard InChI is InChI=1S/C16H22N2S/c1-12-6-7-14(11-17)16(9-12)18(3)13(2)10-15-5-4-8-19-15/h4-9,13H,10-11,17H2,1-3H3. The van der Waals surface area contributed by atoms with Crippen molar-refractivity contribution in [1.29, 1.82) is 0 Å². The highest BCUT2D eigenvalue weighted by molar-refractivity contribution is 7.09. The molecule has 19 heavy (non-hydrogen) atoms. The van der Waals surface area contributed by atoms with Gasteiger partial charge < -0.3 is 10.6 Å². The summed E-state index contributed by atoms with van der Waals surface area (Å²) >= 11 is 1.83. The fraction of sp³-hybridized carbons (Fsp3) is 0.375. The molecule has 3 heteroatoms. The Morgan fingerprint density at radius 3 is 2.74 bits per heavy atom. The minimum Gasteiger partial charge on any atom is -0.371 e. The summed E-state index contributed by atoms with van der Waals surface area (Å²) in [6.07, 6.45) is 1.08. The zero-order chi connectivity index (χ0) is 13.8. The third-order valence-electron chi connectivity index (χ3n) is 3.58. The molecule has 0 aliphatic heterocycles. The summed E-state index contributed by atoms with van der Waals surface area (Å²) in [7, 11) is 2.16. The van der Waals surface area contributed by atoms with E-state index in [1.165, 1.54) is 21.7 Å². The van der Waals surface area contributed by atoms with Crippen LogP contribution in [0.5, 0.6) is 0 Å². The van der Waals surface area contributed by atoms with Crippen molar-refractivity contribution in [2.24, 2.45) is 5.73 Å². The highest BCUT2D eigenvalue weighted by Crippen LogP contribution is 2.24. The highest BCUT2D eigenvalue weighted by Gasteiger charge is 2.14. The number of benzene rings is 1. The van der Waals surface area contributed by atoms with Gasteiger partial charge in [0.05, 0.1) is 0 Å². The molecule has 0 aliphatic carbocycles. The summed E-state index contributed by atoms with van der Waals surface area (Å²) in [6.45, 7) is 4.98. The van der Waals surface area contributed by atoms with Crippen LogP contribution >= 0.6 is 11.3 Å². The molecule has 0 saturated heterocycles. The largest absolute Gasteiger partial charge is 0.371 e. The molecule has 0 saturated carbocycles. The van der Waals surface area contributed by atoms with Gasteiger partial charge in [-0.2, -0.15) is 0 Å². The second kappa shape index (κ2) is 6.22. The minimum absolute atomic E-state index is 0.464. The molecule has 1 aromatic carbocycles. The molecule has 1 heterocycles. The average molecular weight is 274 g/mol. The van der Waals surface area contributed by atoms with Crippen LogP contribution in [0.15, 0.2) is 35.7 Å². The molecule has 0 amide bonds. The van der Waals surface area contributed by atoms with Crippen LogP contribution in [0.4, 0.5) is 5.69 Å². The fourth-order valence-corrected chi connectivity index (χ4v) is 3.10. The van der Waals surface area contributed by atoms with Crippen molar-refractivity contribution in [3.8, 4) is 0 Å². The van der Waals surface area contributed by atoms with Crippen molar-refractivity contribution < 1.29 is 0 Å². The molecule has 1 aromatic heterocycles. The molecule has 0 spiro atoms. The van der Waals surface area contributed by atoms with Crippen molar-refractivity contribution >= 4 is 17.0 Å². The predicted octanol–water partition coefficient (Wildman–Crippen LogP) is 3.58. The summed E-state index contributed by atoms with van der Waals surface area (Å²) in [5.41, 5.74) is 9.60. The number of anilines is 1. The van der Waals surface area contributed by atoms with Crippen molar-refractivity contribution in [3.05, 3.63) is 51.7 Å². The first-order valence-corrected chi connectivity index (χ1v) is 7.54. The maximum Gasteiger partial charge on any atom is 0.0414 e. The molecular formula is C16H22N2S. The predicted molar refractivity (Wildman–Crippen MR) is 85.0 cm³/mol. The first-order chi connectivity index (χ1) is 9.11. The Kier molecular flexibility index (Phi) is 4.61. The van der Waals surface area contributed by atoms with E-state index in [1.54, 1.807) is 0 Å². The van der Waals surface area contributed by atoms with Crippen molar-refractivity contribution in [2.45, 2.75) is 32.9 Å². The van der Waals surface area contributed by atoms with E-state index in [-0.39, 0.29) is 0 Å². The summed E-state index contributed by atoms with van der Waals surface area (Å²) < 4.78 is 0. The Morgan fingerprint density at radius 1 is 1.32 bits per heavy atom. The fourth-order valence-electron chi connectivity index (χ4n) is 2.27. The van der Waals surface area contributed by atoms with E-state index in [0.29, 0.717) is 12.6 Å². The van der Waals surface area contributed by atoms with Gasteiger partial charge in [0.25, 0.3) is 0 Å². The van der Waals surface area contributed by atoms with Gasteiger partial charge >= 0.3 is 0 Å². The number of hydrogen-bond acceptors (Lipinski definition) is 3. The van der Waals surface area contributed by atoms with Gasteiger partial charge in [-0.3, -0.25) is 0 Å². The summed E-state index contributed by atoms with van der Waals surface area (Å²) in [5, 5.41) is 2.14. The monoisotopic (exact) mass is 274 g/mol. The lowest BCUT2D eigenvalue weighted by molar-refractivity contribution is 0.685. The molecule has 0 bridgehead atoms. The molecule has 1 atom stereocenters. The van der Waals surface area contributed by atoms with E-state index >= 15 is 0 Å². The van der Waals surface area contributed by atoms with Crippen molar-refractivity contribution in [3.63, 3.8) is 0 Å². The number of nitrogens with two attached hydrogens (primary N) is 1. The van der Waals surface area contributed by atoms with Crippen LogP contribution in [0.2, 0.25) is 0 Å². The molecule has 2 nitrogen and oxygen atoms in total. The van der Waals surface area contributed by atoms with Crippen molar-refractivity contribution in [2.75, 3.05) is 11.9 Å². The van der Waals surface area contributed by atoms with Crippen LogP contribution < -0.4 is 10.6 Å². The average Bonchev–Trinajstić information content (AvgIpc) is 2.90. The smallest absolute Gasteiger partial charge is 0.0414 e. The van der Waals surface area contributed by atoms with Gasteiger partial charge in [0.1, 0.15) is 0 Å². The number of likely N-dealkylation sites (N-methyl/N-ethyl adjacent to an activating group) is 1. The lowest BCUT2D eigenvalue weighted by Crippen LogP contribution is -2.31. The van der Waals surface area contributed by atoms with Crippen LogP contribution in [0.25, 0.3) is 0 Å². The van der Waals surface area contributed by atoms with Crippen LogP contribution in [0.3, 0.4) is 0 Å². The number of nitrogens with zero attached hydrogens (tertiary/aromatic N) is 1. The van der Waals surface area contributed by atoms with Gasteiger partial charge in [-0.1, -0.05) is 18.2 Å². The Morgan fingerprint density at radius 2 is 2.11 bits per heavy atom. The number of hydrogen-bond donors (Lipinski definition) is 1. The number of rotatable bonds is 5. The second-order valence-electron chi connectivity index (χ2n) is 5.08. The maximum atomic E-state index is 5.85. The quantitative estimate of drug-likeness (QED) is 0.903. The molecule has 2 rings (SSSR count). The van der Waals surface area contributed by atoms with E-state index < -0.39 is 0 Å². The van der Waals surface area contributed by atoms with E-state index in [1.807, 2.05) is 11.3 Å². The third kappa shape index (κ3) is 3.37. The van der Waals surface area contributed by atoms with Gasteiger partial charge in [-0.25, -0.2) is 0 Å². The molecule has 102 valence electrons. The first kappa shape index (κ1) is 14.1. The second-order valence-corrected chi connectivity index (χ2v) is 6.11. The Bertz CT molecular complexity index is 520. The highest BCUT2D eigenvalue weighted by atomic mass is 32.1. The van der Waals surface area contributed by atoms with Gasteiger partial charge in [0.15, 0.2) is 0 Å². The molecule has 0 radical (unpaired) electrons. The third-order valence-corrected chi connectivity index (χ3v) is 4.48. The van der Waals surface area contributed by atoms with E-state index in [2.05, 4.69) is 61.5 Å². The molecule has 2 aromatic rings. The van der Waals surface area contributed by atoms with E-state index in [0.717, 1.165) is 6.42 Å². The van der Waals surface area contributed by atoms with Crippen molar-refractivity contribution in [1.82, 2.24) is 0 Å². The maximum absolute atomic E-state index is 5.85. The zero-order valence-electron chi connectivity index (χ0n) is 11.9. The molecule has 2 N–H and O–H groups in total. The minimum atomic E-state index is 0.464. The van der Waals surface area contributed by atoms with Gasteiger partial charge in [-0.15, -0.1) is 11.3 Å². The first-order valence-electron chi connectivity index (χ1n) is 6.66. The van der Waals surface area contributed by atoms with E-state index in [9.17, 15) is 0 Å².